The fourth-order valence-electron chi connectivity index (χ4n) is 2.62. The minimum Gasteiger partial charge on any atom is -0.321 e. The van der Waals surface area contributed by atoms with Gasteiger partial charge in [0.25, 0.3) is 15.9 Å². The van der Waals surface area contributed by atoms with E-state index in [1.807, 2.05) is 0 Å². The minimum absolute atomic E-state index is 0.155. The van der Waals surface area contributed by atoms with Gasteiger partial charge in [0.1, 0.15) is 4.90 Å². The van der Waals surface area contributed by atoms with E-state index in [2.05, 4.69) is 10.0 Å². The monoisotopic (exact) mass is 488 g/mol. The molecule has 2 N–H and O–H groups in total. The van der Waals surface area contributed by atoms with Crippen LogP contribution in [0.3, 0.4) is 0 Å². The Morgan fingerprint density at radius 3 is 2.23 bits per heavy atom. The predicted octanol–water partition coefficient (Wildman–Crippen LogP) is 6.07. The smallest absolute Gasteiger partial charge is 0.321 e. The Morgan fingerprint density at radius 2 is 1.58 bits per heavy atom. The average Bonchev–Trinajstić information content (AvgIpc) is 2.69. The first-order chi connectivity index (χ1) is 14.5. The van der Waals surface area contributed by atoms with Crippen LogP contribution in [0.25, 0.3) is 0 Å². The van der Waals surface area contributed by atoms with Crippen molar-refractivity contribution in [1.82, 2.24) is 0 Å². The Morgan fingerprint density at radius 1 is 0.903 bits per heavy atom. The number of hydrogen-bond acceptors (Lipinski definition) is 3. The minimum atomic E-state index is -4.76. The van der Waals surface area contributed by atoms with Gasteiger partial charge in [-0.25, -0.2) is 8.42 Å². The molecule has 3 aromatic rings. The molecule has 0 saturated heterocycles. The summed E-state index contributed by atoms with van der Waals surface area (Å²) in [5.41, 5.74) is -1.60. The van der Waals surface area contributed by atoms with Crippen LogP contribution in [-0.2, 0) is 16.2 Å². The SMILES string of the molecule is O=C(Nc1ccc(Cl)cc1C(F)(F)F)c1ccc(Cl)c(S(=O)(=O)Nc2ccccc2)c1. The van der Waals surface area contributed by atoms with E-state index < -0.39 is 38.3 Å². The molecule has 0 aliphatic rings. The average molecular weight is 489 g/mol. The fourth-order valence-corrected chi connectivity index (χ4v) is 4.38. The highest BCUT2D eigenvalue weighted by atomic mass is 35.5. The lowest BCUT2D eigenvalue weighted by Gasteiger charge is -2.15. The molecule has 162 valence electrons. The van der Waals surface area contributed by atoms with Crippen LogP contribution in [0, 0.1) is 0 Å². The van der Waals surface area contributed by atoms with Crippen molar-refractivity contribution in [3.63, 3.8) is 0 Å². The Labute approximate surface area is 185 Å². The zero-order chi connectivity index (χ0) is 22.8. The molecule has 0 heterocycles. The predicted molar refractivity (Wildman–Crippen MR) is 113 cm³/mol. The number of carbonyl (C=O) groups is 1. The van der Waals surface area contributed by atoms with Crippen molar-refractivity contribution in [3.05, 3.63) is 87.9 Å². The summed E-state index contributed by atoms with van der Waals surface area (Å²) in [6.45, 7) is 0. The van der Waals surface area contributed by atoms with Gasteiger partial charge in [-0.05, 0) is 48.5 Å². The van der Waals surface area contributed by atoms with E-state index in [9.17, 15) is 26.4 Å². The van der Waals surface area contributed by atoms with Crippen LogP contribution in [0.4, 0.5) is 24.5 Å². The molecular formula is C20H13Cl2F3N2O3S. The van der Waals surface area contributed by atoms with Crippen LogP contribution in [-0.4, -0.2) is 14.3 Å². The normalized spacial score (nSPS) is 11.8. The van der Waals surface area contributed by atoms with Crippen LogP contribution in [0.5, 0.6) is 0 Å². The van der Waals surface area contributed by atoms with Gasteiger partial charge < -0.3 is 5.32 Å². The van der Waals surface area contributed by atoms with E-state index in [-0.39, 0.29) is 21.3 Å². The Balaban J connectivity index is 1.93. The summed E-state index contributed by atoms with van der Waals surface area (Å²) in [4.78, 5) is 12.2. The number of sulfonamides is 1. The van der Waals surface area contributed by atoms with Crippen molar-refractivity contribution in [2.45, 2.75) is 11.1 Å². The third kappa shape index (κ3) is 5.49. The Bertz CT molecular complexity index is 1230. The number of amides is 1. The molecule has 31 heavy (non-hydrogen) atoms. The summed E-state index contributed by atoms with van der Waals surface area (Å²) in [5, 5.41) is 1.81. The molecule has 0 aliphatic carbocycles. The molecular weight excluding hydrogens is 476 g/mol. The maximum atomic E-state index is 13.2. The fraction of sp³-hybridized carbons (Fsp3) is 0.0500. The number of para-hydroxylation sites is 1. The number of benzene rings is 3. The molecule has 0 saturated carbocycles. The van der Waals surface area contributed by atoms with Crippen LogP contribution in [0.2, 0.25) is 10.0 Å². The molecule has 0 spiro atoms. The van der Waals surface area contributed by atoms with Crippen LogP contribution in [0.1, 0.15) is 15.9 Å². The van der Waals surface area contributed by atoms with Gasteiger partial charge in [-0.2, -0.15) is 13.2 Å². The number of halogens is 5. The van der Waals surface area contributed by atoms with E-state index >= 15 is 0 Å². The third-order valence-electron chi connectivity index (χ3n) is 4.04. The summed E-state index contributed by atoms with van der Waals surface area (Å²) in [6.07, 6.45) is -4.76. The molecule has 0 radical (unpaired) electrons. The summed E-state index contributed by atoms with van der Waals surface area (Å²) in [5.74, 6) is -0.958. The third-order valence-corrected chi connectivity index (χ3v) is 6.14. The van der Waals surface area contributed by atoms with E-state index in [1.54, 1.807) is 18.2 Å². The number of nitrogens with one attached hydrogen (secondary N) is 2. The zero-order valence-corrected chi connectivity index (χ0v) is 17.7. The molecule has 3 rings (SSSR count). The maximum absolute atomic E-state index is 13.2. The molecule has 0 bridgehead atoms. The van der Waals surface area contributed by atoms with Crippen molar-refractivity contribution in [2.75, 3.05) is 10.0 Å². The van der Waals surface area contributed by atoms with Crippen LogP contribution in [0.15, 0.2) is 71.6 Å². The lowest BCUT2D eigenvalue weighted by atomic mass is 10.1. The molecule has 11 heteroatoms. The summed E-state index contributed by atoms with van der Waals surface area (Å²) >= 11 is 11.6. The van der Waals surface area contributed by atoms with Crippen molar-refractivity contribution >= 4 is 50.5 Å². The number of alkyl halides is 3. The summed E-state index contributed by atoms with van der Waals surface area (Å²) in [6, 6.07) is 14.2. The van der Waals surface area contributed by atoms with Crippen molar-refractivity contribution in [3.8, 4) is 0 Å². The van der Waals surface area contributed by atoms with Crippen molar-refractivity contribution < 1.29 is 26.4 Å². The number of anilines is 2. The van der Waals surface area contributed by atoms with Crippen LogP contribution < -0.4 is 10.0 Å². The first-order valence-electron chi connectivity index (χ1n) is 8.53. The topological polar surface area (TPSA) is 75.3 Å². The van der Waals surface area contributed by atoms with Crippen molar-refractivity contribution in [2.24, 2.45) is 0 Å². The Hall–Kier alpha value is -2.75. The number of hydrogen-bond donors (Lipinski definition) is 2. The standard InChI is InChI=1S/C20H13Cl2F3N2O3S/c21-13-7-9-17(15(11-13)20(23,24)25)26-19(28)12-6-8-16(22)18(10-12)31(29,30)27-14-4-2-1-3-5-14/h1-11,27H,(H,26,28). The van der Waals surface area contributed by atoms with Gasteiger partial charge in [0.15, 0.2) is 0 Å². The quantitative estimate of drug-likeness (QED) is 0.457. The van der Waals surface area contributed by atoms with Gasteiger partial charge in [-0.1, -0.05) is 41.4 Å². The van der Waals surface area contributed by atoms with E-state index in [4.69, 9.17) is 23.2 Å². The second-order valence-electron chi connectivity index (χ2n) is 6.26. The lowest BCUT2D eigenvalue weighted by Crippen LogP contribution is -2.18. The lowest BCUT2D eigenvalue weighted by molar-refractivity contribution is -0.136. The largest absolute Gasteiger partial charge is 0.418 e. The molecule has 1 amide bonds. The highest BCUT2D eigenvalue weighted by molar-refractivity contribution is 7.92. The van der Waals surface area contributed by atoms with Gasteiger partial charge in [0.2, 0.25) is 0 Å². The van der Waals surface area contributed by atoms with Crippen LogP contribution >= 0.6 is 23.2 Å². The molecule has 3 aromatic carbocycles. The first-order valence-corrected chi connectivity index (χ1v) is 10.8. The van der Waals surface area contributed by atoms with E-state index in [0.29, 0.717) is 6.07 Å². The maximum Gasteiger partial charge on any atom is 0.418 e. The molecule has 5 nitrogen and oxygen atoms in total. The molecule has 0 atom stereocenters. The first kappa shape index (κ1) is 22.9. The van der Waals surface area contributed by atoms with Gasteiger partial charge >= 0.3 is 6.18 Å². The molecule has 0 aromatic heterocycles. The Kier molecular flexibility index (Phi) is 6.49. The zero-order valence-electron chi connectivity index (χ0n) is 15.4. The van der Waals surface area contributed by atoms with Crippen molar-refractivity contribution in [1.29, 1.82) is 0 Å². The number of carbonyl (C=O) groups excluding carboxylic acids is 1. The molecule has 0 unspecified atom stereocenters. The van der Waals surface area contributed by atoms with E-state index in [0.717, 1.165) is 12.1 Å². The highest BCUT2D eigenvalue weighted by Gasteiger charge is 2.34. The van der Waals surface area contributed by atoms with Gasteiger partial charge in [0, 0.05) is 16.3 Å². The van der Waals surface area contributed by atoms with E-state index in [1.165, 1.54) is 30.3 Å². The second-order valence-corrected chi connectivity index (χ2v) is 8.75. The molecule has 0 fully saturated rings. The second kappa shape index (κ2) is 8.78. The number of rotatable bonds is 5. The highest BCUT2D eigenvalue weighted by Crippen LogP contribution is 2.37. The molecule has 0 aliphatic heterocycles. The van der Waals surface area contributed by atoms with Gasteiger partial charge in [-0.3, -0.25) is 9.52 Å². The summed E-state index contributed by atoms with van der Waals surface area (Å²) < 4.78 is 67.4. The van der Waals surface area contributed by atoms with Gasteiger partial charge in [0.05, 0.1) is 16.3 Å². The summed E-state index contributed by atoms with van der Waals surface area (Å²) in [7, 11) is -4.17. The van der Waals surface area contributed by atoms with Gasteiger partial charge in [-0.15, -0.1) is 0 Å².